The molecule has 0 spiro atoms. The highest BCUT2D eigenvalue weighted by atomic mass is 79.9. The first kappa shape index (κ1) is 12.4. The van der Waals surface area contributed by atoms with Gasteiger partial charge in [0.05, 0.1) is 11.4 Å². The molecule has 0 aliphatic heterocycles. The van der Waals surface area contributed by atoms with Crippen LogP contribution in [0.5, 0.6) is 0 Å². The molecule has 6 heteroatoms. The van der Waals surface area contributed by atoms with Crippen molar-refractivity contribution in [1.29, 1.82) is 5.41 Å². The molecule has 0 saturated carbocycles. The molecule has 0 aliphatic carbocycles. The Bertz CT molecular complexity index is 612. The molecule has 0 fully saturated rings. The van der Waals surface area contributed by atoms with Crippen LogP contribution in [0, 0.1) is 5.41 Å². The van der Waals surface area contributed by atoms with Crippen molar-refractivity contribution in [2.45, 2.75) is 0 Å². The lowest BCUT2D eigenvalue weighted by molar-refractivity contribution is 1.14. The molecule has 1 heterocycles. The number of hydrogen-bond acceptors (Lipinski definition) is 2. The lowest BCUT2D eigenvalue weighted by Gasteiger charge is -2.06. The minimum atomic E-state index is 0.0199. The number of nitrogens with one attached hydrogen (secondary N) is 3. The molecule has 0 amide bonds. The SMILES string of the molecule is N=C(/N=c1/ccc(Br)c[nH]1)Nc1ccccc1N. The molecule has 1 aromatic carbocycles. The van der Waals surface area contributed by atoms with Gasteiger partial charge in [-0.2, -0.15) is 4.99 Å². The number of nitrogens with two attached hydrogens (primary N) is 1. The lowest BCUT2D eigenvalue weighted by Crippen LogP contribution is -2.15. The van der Waals surface area contributed by atoms with Crippen molar-refractivity contribution in [3.8, 4) is 0 Å². The average Bonchev–Trinajstić information content (AvgIpc) is 2.35. The van der Waals surface area contributed by atoms with Crippen molar-refractivity contribution in [2.75, 3.05) is 11.1 Å². The number of hydrogen-bond donors (Lipinski definition) is 4. The van der Waals surface area contributed by atoms with E-state index in [1.165, 1.54) is 0 Å². The van der Waals surface area contributed by atoms with Gasteiger partial charge in [0.1, 0.15) is 5.49 Å². The van der Waals surface area contributed by atoms with E-state index in [-0.39, 0.29) is 5.96 Å². The molecule has 5 N–H and O–H groups in total. The number of para-hydroxylation sites is 2. The van der Waals surface area contributed by atoms with Gasteiger partial charge in [-0.15, -0.1) is 0 Å². The number of nitrogens with zero attached hydrogens (tertiary/aromatic N) is 1. The number of benzene rings is 1. The van der Waals surface area contributed by atoms with E-state index in [1.807, 2.05) is 18.2 Å². The maximum atomic E-state index is 7.75. The number of anilines is 2. The third kappa shape index (κ3) is 3.21. The van der Waals surface area contributed by atoms with Crippen LogP contribution >= 0.6 is 15.9 Å². The molecule has 0 bridgehead atoms. The van der Waals surface area contributed by atoms with Crippen LogP contribution < -0.4 is 16.5 Å². The van der Waals surface area contributed by atoms with Gasteiger partial charge in [-0.1, -0.05) is 12.1 Å². The van der Waals surface area contributed by atoms with Gasteiger partial charge in [-0.25, -0.2) is 0 Å². The summed E-state index contributed by atoms with van der Waals surface area (Å²) in [7, 11) is 0. The van der Waals surface area contributed by atoms with E-state index in [1.54, 1.807) is 24.4 Å². The van der Waals surface area contributed by atoms with E-state index in [4.69, 9.17) is 11.1 Å². The van der Waals surface area contributed by atoms with Crippen LogP contribution in [0.4, 0.5) is 11.4 Å². The van der Waals surface area contributed by atoms with E-state index in [0.29, 0.717) is 16.9 Å². The molecule has 2 rings (SSSR count). The zero-order valence-electron chi connectivity index (χ0n) is 9.44. The maximum absolute atomic E-state index is 7.75. The van der Waals surface area contributed by atoms with Crippen LogP contribution in [0.2, 0.25) is 0 Å². The molecule has 0 atom stereocenters. The second-order valence-electron chi connectivity index (χ2n) is 3.56. The first-order valence-corrected chi connectivity index (χ1v) is 6.03. The first-order chi connectivity index (χ1) is 8.65. The second-order valence-corrected chi connectivity index (χ2v) is 4.48. The average molecular weight is 306 g/mol. The quantitative estimate of drug-likeness (QED) is 0.370. The predicted molar refractivity (Wildman–Crippen MR) is 76.3 cm³/mol. The van der Waals surface area contributed by atoms with Crippen molar-refractivity contribution in [3.05, 3.63) is 52.6 Å². The fourth-order valence-electron chi connectivity index (χ4n) is 1.35. The fourth-order valence-corrected chi connectivity index (χ4v) is 1.60. The zero-order valence-corrected chi connectivity index (χ0v) is 11.0. The number of H-pyrrole nitrogens is 1. The van der Waals surface area contributed by atoms with E-state index >= 15 is 0 Å². The van der Waals surface area contributed by atoms with Gasteiger partial charge in [-0.05, 0) is 40.2 Å². The molecular weight excluding hydrogens is 294 g/mol. The topological polar surface area (TPSA) is 90.0 Å². The number of aromatic nitrogens is 1. The number of rotatable bonds is 1. The summed E-state index contributed by atoms with van der Waals surface area (Å²) in [6.07, 6.45) is 1.75. The highest BCUT2D eigenvalue weighted by molar-refractivity contribution is 9.10. The second kappa shape index (κ2) is 5.50. The summed E-state index contributed by atoms with van der Waals surface area (Å²) in [5, 5.41) is 10.6. The minimum absolute atomic E-state index is 0.0199. The molecule has 0 unspecified atom stereocenters. The first-order valence-electron chi connectivity index (χ1n) is 5.24. The van der Waals surface area contributed by atoms with Gasteiger partial charge in [0.25, 0.3) is 0 Å². The Balaban J connectivity index is 2.17. The summed E-state index contributed by atoms with van der Waals surface area (Å²) < 4.78 is 0.924. The van der Waals surface area contributed by atoms with E-state index in [2.05, 4.69) is 31.2 Å². The van der Waals surface area contributed by atoms with Crippen molar-refractivity contribution in [2.24, 2.45) is 4.99 Å². The summed E-state index contributed by atoms with van der Waals surface area (Å²) in [6, 6.07) is 10.9. The number of nitrogen functional groups attached to an aromatic ring is 1. The lowest BCUT2D eigenvalue weighted by atomic mass is 10.3. The Kier molecular flexibility index (Phi) is 3.78. The molecular formula is C12H12BrN5. The van der Waals surface area contributed by atoms with Gasteiger partial charge < -0.3 is 16.0 Å². The molecule has 1 aromatic heterocycles. The Morgan fingerprint density at radius 2 is 2.06 bits per heavy atom. The van der Waals surface area contributed by atoms with Gasteiger partial charge in [0.2, 0.25) is 5.96 Å². The van der Waals surface area contributed by atoms with Crippen LogP contribution in [0.25, 0.3) is 0 Å². The Hall–Kier alpha value is -2.08. The fraction of sp³-hybridized carbons (Fsp3) is 0. The Labute approximate surface area is 112 Å². The predicted octanol–water partition coefficient (Wildman–Crippen LogP) is 2.31. The van der Waals surface area contributed by atoms with Crippen LogP contribution in [0.1, 0.15) is 0 Å². The van der Waals surface area contributed by atoms with Crippen LogP contribution in [0.3, 0.4) is 0 Å². The van der Waals surface area contributed by atoms with Crippen LogP contribution in [0.15, 0.2) is 52.1 Å². The van der Waals surface area contributed by atoms with E-state index in [9.17, 15) is 0 Å². The molecule has 0 saturated heterocycles. The van der Waals surface area contributed by atoms with Crippen molar-refractivity contribution in [3.63, 3.8) is 0 Å². The maximum Gasteiger partial charge on any atom is 0.221 e. The smallest absolute Gasteiger partial charge is 0.221 e. The molecule has 18 heavy (non-hydrogen) atoms. The third-order valence-electron chi connectivity index (χ3n) is 2.20. The van der Waals surface area contributed by atoms with Crippen molar-refractivity contribution >= 4 is 33.3 Å². The van der Waals surface area contributed by atoms with Gasteiger partial charge in [0.15, 0.2) is 0 Å². The Morgan fingerprint density at radius 3 is 2.72 bits per heavy atom. The van der Waals surface area contributed by atoms with Gasteiger partial charge in [0, 0.05) is 10.7 Å². The summed E-state index contributed by atoms with van der Waals surface area (Å²) >= 11 is 3.32. The summed E-state index contributed by atoms with van der Waals surface area (Å²) in [5.74, 6) is 0.0199. The van der Waals surface area contributed by atoms with Gasteiger partial charge >= 0.3 is 0 Å². The van der Waals surface area contributed by atoms with Gasteiger partial charge in [-0.3, -0.25) is 5.41 Å². The number of aromatic amines is 1. The molecule has 0 aliphatic rings. The number of pyridine rings is 1. The molecule has 92 valence electrons. The summed E-state index contributed by atoms with van der Waals surface area (Å²) in [6.45, 7) is 0. The van der Waals surface area contributed by atoms with E-state index < -0.39 is 0 Å². The normalized spacial score (nSPS) is 11.3. The standard InChI is InChI=1S/C12H12BrN5/c13-8-5-6-11(16-7-8)18-12(15)17-10-4-2-1-3-9(10)14/h1-7H,14H2,(H3,15,16,17,18). The number of guanidine groups is 1. The van der Waals surface area contributed by atoms with Crippen LogP contribution in [-0.2, 0) is 0 Å². The highest BCUT2D eigenvalue weighted by Crippen LogP contribution is 2.16. The molecule has 2 aromatic rings. The highest BCUT2D eigenvalue weighted by Gasteiger charge is 1.99. The third-order valence-corrected chi connectivity index (χ3v) is 2.70. The molecule has 0 radical (unpaired) electrons. The van der Waals surface area contributed by atoms with Crippen molar-refractivity contribution in [1.82, 2.24) is 4.98 Å². The largest absolute Gasteiger partial charge is 0.397 e. The summed E-state index contributed by atoms with van der Waals surface area (Å²) in [5.41, 5.74) is 7.61. The zero-order chi connectivity index (χ0) is 13.0. The molecule has 5 nitrogen and oxygen atoms in total. The van der Waals surface area contributed by atoms with Crippen LogP contribution in [-0.4, -0.2) is 10.9 Å². The van der Waals surface area contributed by atoms with E-state index in [0.717, 1.165) is 4.47 Å². The van der Waals surface area contributed by atoms with Crippen molar-refractivity contribution < 1.29 is 0 Å². The minimum Gasteiger partial charge on any atom is -0.397 e. The Morgan fingerprint density at radius 1 is 1.28 bits per heavy atom. The summed E-state index contributed by atoms with van der Waals surface area (Å²) in [4.78, 5) is 7.02. The number of halogens is 1. The monoisotopic (exact) mass is 305 g/mol.